The third-order valence-electron chi connectivity index (χ3n) is 5.48. The number of halogens is 3. The summed E-state index contributed by atoms with van der Waals surface area (Å²) in [6.45, 7) is 8.52. The summed E-state index contributed by atoms with van der Waals surface area (Å²) in [7, 11) is 1.20. The Morgan fingerprint density at radius 2 is 1.77 bits per heavy atom. The van der Waals surface area contributed by atoms with E-state index in [0.717, 1.165) is 21.3 Å². The number of nitrogens with zero attached hydrogens (tertiary/aromatic N) is 6. The van der Waals surface area contributed by atoms with Crippen molar-refractivity contribution in [1.82, 2.24) is 18.9 Å². The van der Waals surface area contributed by atoms with Crippen LogP contribution in [0.1, 0.15) is 16.8 Å². The van der Waals surface area contributed by atoms with E-state index in [9.17, 15) is 28.0 Å². The molecule has 11 heteroatoms. The summed E-state index contributed by atoms with van der Waals surface area (Å²) in [5, 5.41) is 13.9. The van der Waals surface area contributed by atoms with Crippen molar-refractivity contribution in [3.05, 3.63) is 104 Å². The van der Waals surface area contributed by atoms with Gasteiger partial charge in [0.2, 0.25) is 0 Å². The van der Waals surface area contributed by atoms with Gasteiger partial charge in [-0.15, -0.1) is 0 Å². The van der Waals surface area contributed by atoms with Crippen molar-refractivity contribution in [2.45, 2.75) is 13.1 Å². The van der Waals surface area contributed by atoms with Gasteiger partial charge in [0.05, 0.1) is 46.5 Å². The lowest BCUT2D eigenvalue weighted by Gasteiger charge is -2.18. The smallest absolute Gasteiger partial charge is 0.268 e. The van der Waals surface area contributed by atoms with Gasteiger partial charge in [0.15, 0.2) is 5.69 Å². The van der Waals surface area contributed by atoms with E-state index in [-0.39, 0.29) is 28.2 Å². The van der Waals surface area contributed by atoms with Gasteiger partial charge < -0.3 is 0 Å². The topological polar surface area (TPSA) is 90.0 Å². The summed E-state index contributed by atoms with van der Waals surface area (Å²) in [4.78, 5) is 29.6. The minimum atomic E-state index is -4.64. The molecule has 0 aliphatic carbocycles. The number of nitriles is 1. The van der Waals surface area contributed by atoms with Crippen LogP contribution in [0.15, 0.2) is 64.3 Å². The first-order chi connectivity index (χ1) is 16.6. The van der Waals surface area contributed by atoms with Crippen molar-refractivity contribution in [1.29, 1.82) is 5.26 Å². The van der Waals surface area contributed by atoms with Crippen molar-refractivity contribution < 1.29 is 13.2 Å². The predicted molar refractivity (Wildman–Crippen MR) is 121 cm³/mol. The van der Waals surface area contributed by atoms with Crippen LogP contribution in [0.25, 0.3) is 27.5 Å². The fraction of sp³-hybridized carbons (Fsp3) is 0.125. The van der Waals surface area contributed by atoms with Gasteiger partial charge in [-0.05, 0) is 37.3 Å². The summed E-state index contributed by atoms with van der Waals surface area (Å²) in [5.74, 6) is 0. The Kier molecular flexibility index (Phi) is 5.63. The monoisotopic (exact) mass is 476 g/mol. The molecule has 0 aliphatic heterocycles. The molecule has 0 radical (unpaired) electrons. The van der Waals surface area contributed by atoms with Gasteiger partial charge in [0.1, 0.15) is 6.07 Å². The quantitative estimate of drug-likeness (QED) is 0.416. The molecular formula is C24H15F3N6O2. The lowest BCUT2D eigenvalue weighted by atomic mass is 10.1. The zero-order valence-electron chi connectivity index (χ0n) is 18.3. The average molecular weight is 476 g/mol. The summed E-state index contributed by atoms with van der Waals surface area (Å²) < 4.78 is 43.0. The molecule has 2 heterocycles. The van der Waals surface area contributed by atoms with Gasteiger partial charge in [-0.25, -0.2) is 14.3 Å². The van der Waals surface area contributed by atoms with Crippen molar-refractivity contribution >= 4 is 5.69 Å². The van der Waals surface area contributed by atoms with Crippen LogP contribution >= 0.6 is 0 Å². The molecule has 0 unspecified atom stereocenters. The molecule has 0 atom stereocenters. The lowest BCUT2D eigenvalue weighted by Crippen LogP contribution is -2.40. The maximum atomic E-state index is 13.3. The molecule has 0 fully saturated rings. The minimum Gasteiger partial charge on any atom is -0.268 e. The van der Waals surface area contributed by atoms with Crippen LogP contribution in [-0.2, 0) is 13.2 Å². The first-order valence-corrected chi connectivity index (χ1v) is 10.0. The van der Waals surface area contributed by atoms with Crippen LogP contribution in [0.5, 0.6) is 0 Å². The Balaban J connectivity index is 2.06. The molecule has 0 bridgehead atoms. The maximum Gasteiger partial charge on any atom is 0.416 e. The van der Waals surface area contributed by atoms with Crippen LogP contribution in [0.3, 0.4) is 0 Å². The molecule has 4 aromatic rings. The van der Waals surface area contributed by atoms with Gasteiger partial charge >= 0.3 is 11.9 Å². The van der Waals surface area contributed by atoms with E-state index in [1.54, 1.807) is 12.1 Å². The van der Waals surface area contributed by atoms with Crippen LogP contribution < -0.4 is 11.2 Å². The first kappa shape index (κ1) is 23.3. The highest BCUT2D eigenvalue weighted by molar-refractivity contribution is 5.71. The molecule has 0 saturated carbocycles. The van der Waals surface area contributed by atoms with Crippen molar-refractivity contribution in [2.24, 2.45) is 7.05 Å². The molecule has 2 aromatic heterocycles. The molecule has 0 spiro atoms. The molecule has 8 nitrogen and oxygen atoms in total. The highest BCUT2D eigenvalue weighted by Gasteiger charge is 2.31. The van der Waals surface area contributed by atoms with Gasteiger partial charge in [-0.2, -0.15) is 23.5 Å². The second-order valence-electron chi connectivity index (χ2n) is 7.55. The summed E-state index contributed by atoms with van der Waals surface area (Å²) in [6, 6.07) is 12.4. The Morgan fingerprint density at radius 3 is 2.37 bits per heavy atom. The van der Waals surface area contributed by atoms with E-state index in [4.69, 9.17) is 6.57 Å². The fourth-order valence-corrected chi connectivity index (χ4v) is 3.75. The van der Waals surface area contributed by atoms with Gasteiger partial charge in [-0.3, -0.25) is 13.9 Å². The molecule has 35 heavy (non-hydrogen) atoms. The zero-order chi connectivity index (χ0) is 25.5. The minimum absolute atomic E-state index is 0.0219. The van der Waals surface area contributed by atoms with Crippen molar-refractivity contribution in [3.8, 4) is 28.7 Å². The molecule has 4 rings (SSSR count). The highest BCUT2D eigenvalue weighted by atomic mass is 19.4. The standard InChI is InChI=1S/C24H15F3N6O2/c1-14-20(21-15(12-28)13-30-33(21)18-9-7-17(29-2)8-10-18)22(34)31(3)23(35)32(14)19-6-4-5-16(11-19)24(25,26)27/h4-11,13H,1,3H3. The second kappa shape index (κ2) is 8.47. The summed E-state index contributed by atoms with van der Waals surface area (Å²) >= 11 is 0. The van der Waals surface area contributed by atoms with Gasteiger partial charge in [0.25, 0.3) is 5.56 Å². The largest absolute Gasteiger partial charge is 0.416 e. The maximum absolute atomic E-state index is 13.3. The highest BCUT2D eigenvalue weighted by Crippen LogP contribution is 2.31. The molecule has 174 valence electrons. The van der Waals surface area contributed by atoms with E-state index in [1.165, 1.54) is 49.1 Å². The molecule has 0 aliphatic rings. The number of hydrogen-bond acceptors (Lipinski definition) is 4. The lowest BCUT2D eigenvalue weighted by molar-refractivity contribution is -0.137. The van der Waals surface area contributed by atoms with Crippen LogP contribution in [0, 0.1) is 24.8 Å². The number of hydrogen-bond donors (Lipinski definition) is 0. The number of alkyl halides is 3. The number of benzene rings is 2. The van der Waals surface area contributed by atoms with E-state index in [1.807, 2.05) is 6.07 Å². The second-order valence-corrected chi connectivity index (χ2v) is 7.55. The van der Waals surface area contributed by atoms with Gasteiger partial charge in [-0.1, -0.05) is 18.2 Å². The van der Waals surface area contributed by atoms with E-state index < -0.39 is 23.0 Å². The van der Waals surface area contributed by atoms with E-state index in [2.05, 4.69) is 9.94 Å². The SMILES string of the molecule is [C-]#[N+]c1ccc(-n2ncc(C#N)c2-c2c(C)n(-c3cccc(C(F)(F)F)c3)c(=O)n(C)c2=O)cc1. The molecule has 0 amide bonds. The molecule has 0 saturated heterocycles. The average Bonchev–Trinajstić information content (AvgIpc) is 3.26. The Labute approximate surface area is 196 Å². The third-order valence-corrected chi connectivity index (χ3v) is 5.48. The Morgan fingerprint density at radius 1 is 1.09 bits per heavy atom. The van der Waals surface area contributed by atoms with Crippen LogP contribution in [0.4, 0.5) is 18.9 Å². The number of aromatic nitrogens is 4. The summed E-state index contributed by atoms with van der Waals surface area (Å²) in [6.07, 6.45) is -3.39. The zero-order valence-corrected chi connectivity index (χ0v) is 18.3. The number of rotatable bonds is 3. The van der Waals surface area contributed by atoms with E-state index in [0.29, 0.717) is 11.4 Å². The third kappa shape index (κ3) is 3.89. The normalized spacial score (nSPS) is 11.2. The van der Waals surface area contributed by atoms with Gasteiger partial charge in [0, 0.05) is 12.7 Å². The fourth-order valence-electron chi connectivity index (χ4n) is 3.75. The van der Waals surface area contributed by atoms with Crippen LogP contribution in [0.2, 0.25) is 0 Å². The Hall–Kier alpha value is -4.90. The summed E-state index contributed by atoms with van der Waals surface area (Å²) in [5.41, 5.74) is -1.78. The molecular weight excluding hydrogens is 461 g/mol. The van der Waals surface area contributed by atoms with Crippen molar-refractivity contribution in [3.63, 3.8) is 0 Å². The molecule has 2 aromatic carbocycles. The predicted octanol–water partition coefficient (Wildman–Crippen LogP) is 4.14. The van der Waals surface area contributed by atoms with Crippen LogP contribution in [-0.4, -0.2) is 18.9 Å². The Bertz CT molecular complexity index is 1660. The molecule has 0 N–H and O–H groups in total. The van der Waals surface area contributed by atoms with E-state index >= 15 is 0 Å². The van der Waals surface area contributed by atoms with Crippen molar-refractivity contribution in [2.75, 3.05) is 0 Å². The first-order valence-electron chi connectivity index (χ1n) is 10.0.